The van der Waals surface area contributed by atoms with E-state index in [2.05, 4.69) is 13.8 Å². The van der Waals surface area contributed by atoms with Crippen molar-refractivity contribution in [2.45, 2.75) is 45.6 Å². The minimum Gasteiger partial charge on any atom is -0.481 e. The summed E-state index contributed by atoms with van der Waals surface area (Å²) in [4.78, 5) is 26.7. The van der Waals surface area contributed by atoms with Crippen molar-refractivity contribution in [2.24, 2.45) is 5.92 Å². The van der Waals surface area contributed by atoms with E-state index in [9.17, 15) is 9.59 Å². The van der Waals surface area contributed by atoms with Crippen LogP contribution in [0.3, 0.4) is 0 Å². The summed E-state index contributed by atoms with van der Waals surface area (Å²) >= 11 is 0. The lowest BCUT2D eigenvalue weighted by atomic mass is 9.98. The predicted molar refractivity (Wildman–Crippen MR) is 69.5 cm³/mol. The van der Waals surface area contributed by atoms with Crippen LogP contribution in [0.15, 0.2) is 0 Å². The molecule has 1 heterocycles. The van der Waals surface area contributed by atoms with Crippen molar-refractivity contribution in [1.82, 2.24) is 9.80 Å². The van der Waals surface area contributed by atoms with Crippen molar-refractivity contribution in [3.63, 3.8) is 0 Å². The molecule has 1 rings (SSSR count). The summed E-state index contributed by atoms with van der Waals surface area (Å²) in [5.41, 5.74) is 0. The van der Waals surface area contributed by atoms with Crippen LogP contribution in [0.5, 0.6) is 0 Å². The fourth-order valence-corrected chi connectivity index (χ4v) is 2.57. The SMILES string of the molecule is CCC(CC)N(C)C(=O)N1CCC[C@H](C(=O)O)C1. The molecule has 1 fully saturated rings. The highest BCUT2D eigenvalue weighted by atomic mass is 16.4. The Morgan fingerprint density at radius 1 is 1.39 bits per heavy atom. The molecule has 0 radical (unpaired) electrons. The van der Waals surface area contributed by atoms with E-state index in [-0.39, 0.29) is 12.1 Å². The van der Waals surface area contributed by atoms with Gasteiger partial charge in [0, 0.05) is 26.2 Å². The molecule has 18 heavy (non-hydrogen) atoms. The number of carbonyl (C=O) groups excluding carboxylic acids is 1. The quantitative estimate of drug-likeness (QED) is 0.837. The summed E-state index contributed by atoms with van der Waals surface area (Å²) in [6.07, 6.45) is 3.30. The third-order valence-corrected chi connectivity index (χ3v) is 3.83. The van der Waals surface area contributed by atoms with E-state index in [1.54, 1.807) is 9.80 Å². The zero-order chi connectivity index (χ0) is 13.7. The molecule has 0 bridgehead atoms. The van der Waals surface area contributed by atoms with E-state index in [1.807, 2.05) is 7.05 Å². The average molecular weight is 256 g/mol. The zero-order valence-electron chi connectivity index (χ0n) is 11.6. The molecule has 1 atom stereocenters. The molecule has 0 aromatic carbocycles. The van der Waals surface area contributed by atoms with Crippen LogP contribution in [-0.2, 0) is 4.79 Å². The van der Waals surface area contributed by atoms with Crippen LogP contribution in [0.4, 0.5) is 4.79 Å². The van der Waals surface area contributed by atoms with Gasteiger partial charge in [0.1, 0.15) is 0 Å². The standard InChI is InChI=1S/C13H24N2O3/c1-4-11(5-2)14(3)13(18)15-8-6-7-10(9-15)12(16)17/h10-11H,4-9H2,1-3H3,(H,16,17)/t10-/m0/s1. The van der Waals surface area contributed by atoms with Gasteiger partial charge in [0.05, 0.1) is 5.92 Å². The smallest absolute Gasteiger partial charge is 0.320 e. The van der Waals surface area contributed by atoms with Gasteiger partial charge in [-0.3, -0.25) is 4.79 Å². The Morgan fingerprint density at radius 3 is 2.50 bits per heavy atom. The molecule has 1 N–H and O–H groups in total. The lowest BCUT2D eigenvalue weighted by molar-refractivity contribution is -0.143. The highest BCUT2D eigenvalue weighted by Gasteiger charge is 2.30. The summed E-state index contributed by atoms with van der Waals surface area (Å²) < 4.78 is 0. The molecule has 5 nitrogen and oxygen atoms in total. The first-order chi connectivity index (χ1) is 8.51. The van der Waals surface area contributed by atoms with Crippen molar-refractivity contribution >= 4 is 12.0 Å². The van der Waals surface area contributed by atoms with Gasteiger partial charge in [-0.1, -0.05) is 13.8 Å². The van der Waals surface area contributed by atoms with Gasteiger partial charge in [0.25, 0.3) is 0 Å². The van der Waals surface area contributed by atoms with E-state index < -0.39 is 11.9 Å². The number of aliphatic carboxylic acids is 1. The summed E-state index contributed by atoms with van der Waals surface area (Å²) in [6, 6.07) is 0.206. The first-order valence-electron chi connectivity index (χ1n) is 6.75. The summed E-state index contributed by atoms with van der Waals surface area (Å²) in [5, 5.41) is 9.03. The molecule has 2 amide bonds. The molecule has 0 aromatic rings. The fraction of sp³-hybridized carbons (Fsp3) is 0.846. The Kier molecular flexibility index (Phi) is 5.44. The van der Waals surface area contributed by atoms with Crippen LogP contribution in [0.25, 0.3) is 0 Å². The lowest BCUT2D eigenvalue weighted by Crippen LogP contribution is -2.50. The molecule has 104 valence electrons. The van der Waals surface area contributed by atoms with Crippen LogP contribution in [-0.4, -0.2) is 53.1 Å². The summed E-state index contributed by atoms with van der Waals surface area (Å²) in [6.45, 7) is 5.15. The molecular weight excluding hydrogens is 232 g/mol. The Bertz CT molecular complexity index is 303. The molecule has 1 saturated heterocycles. The third-order valence-electron chi connectivity index (χ3n) is 3.83. The maximum Gasteiger partial charge on any atom is 0.320 e. The molecule has 1 aliphatic heterocycles. The second-order valence-corrected chi connectivity index (χ2v) is 4.99. The number of urea groups is 1. The Hall–Kier alpha value is -1.26. The Labute approximate surface area is 109 Å². The Morgan fingerprint density at radius 2 is 2.00 bits per heavy atom. The molecule has 0 aliphatic carbocycles. The summed E-state index contributed by atoms with van der Waals surface area (Å²) in [5.74, 6) is -1.20. The number of carbonyl (C=O) groups is 2. The molecule has 0 spiro atoms. The second kappa shape index (κ2) is 6.61. The van der Waals surface area contributed by atoms with Gasteiger partial charge in [0.15, 0.2) is 0 Å². The Balaban J connectivity index is 2.63. The number of amides is 2. The van der Waals surface area contributed by atoms with Crippen molar-refractivity contribution in [3.05, 3.63) is 0 Å². The van der Waals surface area contributed by atoms with Gasteiger partial charge < -0.3 is 14.9 Å². The number of nitrogens with zero attached hydrogens (tertiary/aromatic N) is 2. The van der Waals surface area contributed by atoms with Gasteiger partial charge in [0.2, 0.25) is 0 Å². The number of carboxylic acids is 1. The van der Waals surface area contributed by atoms with Crippen molar-refractivity contribution in [1.29, 1.82) is 0 Å². The van der Waals surface area contributed by atoms with E-state index in [1.165, 1.54) is 0 Å². The topological polar surface area (TPSA) is 60.9 Å². The van der Waals surface area contributed by atoms with Gasteiger partial charge in [-0.25, -0.2) is 4.79 Å². The lowest BCUT2D eigenvalue weighted by Gasteiger charge is -2.36. The second-order valence-electron chi connectivity index (χ2n) is 4.99. The van der Waals surface area contributed by atoms with Gasteiger partial charge >= 0.3 is 12.0 Å². The number of hydrogen-bond donors (Lipinski definition) is 1. The molecule has 1 aliphatic rings. The number of rotatable bonds is 4. The summed E-state index contributed by atoms with van der Waals surface area (Å²) in [7, 11) is 1.81. The molecule has 0 aromatic heterocycles. The fourth-order valence-electron chi connectivity index (χ4n) is 2.57. The third kappa shape index (κ3) is 3.37. The molecular formula is C13H24N2O3. The van der Waals surface area contributed by atoms with Crippen LogP contribution in [0, 0.1) is 5.92 Å². The van der Waals surface area contributed by atoms with Gasteiger partial charge in [-0.05, 0) is 25.7 Å². The van der Waals surface area contributed by atoms with Gasteiger partial charge in [-0.15, -0.1) is 0 Å². The van der Waals surface area contributed by atoms with Crippen molar-refractivity contribution in [3.8, 4) is 0 Å². The predicted octanol–water partition coefficient (Wildman–Crippen LogP) is 2.02. The number of hydrogen-bond acceptors (Lipinski definition) is 2. The number of piperidine rings is 1. The molecule has 5 heteroatoms. The van der Waals surface area contributed by atoms with Crippen molar-refractivity contribution in [2.75, 3.05) is 20.1 Å². The number of carboxylic acid groups (broad SMARTS) is 1. The van der Waals surface area contributed by atoms with E-state index in [4.69, 9.17) is 5.11 Å². The van der Waals surface area contributed by atoms with Crippen LogP contribution >= 0.6 is 0 Å². The van der Waals surface area contributed by atoms with Crippen LogP contribution < -0.4 is 0 Å². The van der Waals surface area contributed by atoms with E-state index in [0.717, 1.165) is 19.3 Å². The van der Waals surface area contributed by atoms with Gasteiger partial charge in [-0.2, -0.15) is 0 Å². The van der Waals surface area contributed by atoms with Crippen molar-refractivity contribution < 1.29 is 14.7 Å². The number of likely N-dealkylation sites (tertiary alicyclic amines) is 1. The van der Waals surface area contributed by atoms with E-state index in [0.29, 0.717) is 19.5 Å². The average Bonchev–Trinajstić information content (AvgIpc) is 2.39. The highest BCUT2D eigenvalue weighted by molar-refractivity contribution is 5.76. The normalized spacial score (nSPS) is 20.0. The minimum atomic E-state index is -0.794. The molecule has 0 saturated carbocycles. The zero-order valence-corrected chi connectivity index (χ0v) is 11.6. The molecule has 0 unspecified atom stereocenters. The highest BCUT2D eigenvalue weighted by Crippen LogP contribution is 2.19. The van der Waals surface area contributed by atoms with Crippen LogP contribution in [0.1, 0.15) is 39.5 Å². The first kappa shape index (κ1) is 14.8. The monoisotopic (exact) mass is 256 g/mol. The van der Waals surface area contributed by atoms with Crippen LogP contribution in [0.2, 0.25) is 0 Å². The minimum absolute atomic E-state index is 0.0327. The first-order valence-corrected chi connectivity index (χ1v) is 6.75. The maximum atomic E-state index is 12.3. The maximum absolute atomic E-state index is 12.3. The largest absolute Gasteiger partial charge is 0.481 e. The van der Waals surface area contributed by atoms with E-state index >= 15 is 0 Å².